The third-order valence-electron chi connectivity index (χ3n) is 1.94. The maximum Gasteiger partial charge on any atom is 0.516 e. The molecule has 0 aromatic heterocycles. The number of nitrogen functional groups attached to an aromatic ring is 1. The van der Waals surface area contributed by atoms with E-state index in [0.717, 1.165) is 0 Å². The molecule has 0 bridgehead atoms. The summed E-state index contributed by atoms with van der Waals surface area (Å²) in [5.41, 5.74) is 1.59. The van der Waals surface area contributed by atoms with Crippen LogP contribution in [-0.4, -0.2) is 18.7 Å². The maximum absolute atomic E-state index is 13.3. The van der Waals surface area contributed by atoms with Crippen LogP contribution in [0.4, 0.5) is 28.0 Å². The van der Waals surface area contributed by atoms with Crippen molar-refractivity contribution in [2.45, 2.75) is 6.92 Å². The molecule has 0 saturated carbocycles. The summed E-state index contributed by atoms with van der Waals surface area (Å²) in [5.74, 6) is -9.99. The highest BCUT2D eigenvalue weighted by atomic mass is 19.2. The van der Waals surface area contributed by atoms with Crippen molar-refractivity contribution in [3.8, 4) is 0 Å². The van der Waals surface area contributed by atoms with Crippen molar-refractivity contribution >= 4 is 17.8 Å². The number of ether oxygens (including phenoxy) is 2. The number of carbonyl (C=O) groups excluding carboxylic acids is 2. The van der Waals surface area contributed by atoms with Gasteiger partial charge in [0.25, 0.3) is 0 Å². The SMILES string of the molecule is CCOC(=O)OC(=O)c1c(F)c(F)c(N)c(F)c1F. The molecular formula is C10H7F4NO4. The van der Waals surface area contributed by atoms with Crippen LogP contribution in [0.5, 0.6) is 0 Å². The van der Waals surface area contributed by atoms with Crippen molar-refractivity contribution in [2.24, 2.45) is 0 Å². The smallest absolute Gasteiger partial charge is 0.434 e. The van der Waals surface area contributed by atoms with Gasteiger partial charge in [-0.05, 0) is 6.92 Å². The molecule has 0 spiro atoms. The van der Waals surface area contributed by atoms with Gasteiger partial charge in [0.05, 0.1) is 6.61 Å². The number of esters is 1. The minimum absolute atomic E-state index is 0.179. The number of hydrogen-bond donors (Lipinski definition) is 1. The van der Waals surface area contributed by atoms with Gasteiger partial charge in [-0.2, -0.15) is 0 Å². The third kappa shape index (κ3) is 2.75. The Morgan fingerprint density at radius 2 is 1.53 bits per heavy atom. The average molecular weight is 281 g/mol. The quantitative estimate of drug-likeness (QED) is 0.295. The Balaban J connectivity index is 3.21. The molecule has 19 heavy (non-hydrogen) atoms. The normalized spacial score (nSPS) is 10.2. The zero-order valence-electron chi connectivity index (χ0n) is 9.43. The lowest BCUT2D eigenvalue weighted by atomic mass is 10.1. The molecular weight excluding hydrogens is 274 g/mol. The van der Waals surface area contributed by atoms with Crippen LogP contribution in [0.15, 0.2) is 0 Å². The van der Waals surface area contributed by atoms with Gasteiger partial charge in [-0.25, -0.2) is 27.2 Å². The van der Waals surface area contributed by atoms with E-state index < -0.39 is 46.6 Å². The Kier molecular flexibility index (Phi) is 4.30. The van der Waals surface area contributed by atoms with Gasteiger partial charge in [-0.3, -0.25) is 0 Å². The Bertz CT molecular complexity index is 518. The summed E-state index contributed by atoms with van der Waals surface area (Å²) >= 11 is 0. The molecule has 0 unspecified atom stereocenters. The number of halogens is 4. The first kappa shape index (κ1) is 14.7. The van der Waals surface area contributed by atoms with E-state index in [2.05, 4.69) is 9.47 Å². The average Bonchev–Trinajstić information content (AvgIpc) is 2.34. The van der Waals surface area contributed by atoms with E-state index in [0.29, 0.717) is 0 Å². The topological polar surface area (TPSA) is 78.6 Å². The van der Waals surface area contributed by atoms with Crippen LogP contribution in [0.1, 0.15) is 17.3 Å². The molecule has 0 atom stereocenters. The van der Waals surface area contributed by atoms with Crippen LogP contribution >= 0.6 is 0 Å². The van der Waals surface area contributed by atoms with Crippen molar-refractivity contribution in [3.63, 3.8) is 0 Å². The number of hydrogen-bond acceptors (Lipinski definition) is 5. The first-order chi connectivity index (χ1) is 8.81. The number of carbonyl (C=O) groups is 2. The number of nitrogens with two attached hydrogens (primary N) is 1. The van der Waals surface area contributed by atoms with Crippen LogP contribution in [0.2, 0.25) is 0 Å². The second-order valence-corrected chi connectivity index (χ2v) is 3.12. The van der Waals surface area contributed by atoms with Gasteiger partial charge >= 0.3 is 12.1 Å². The van der Waals surface area contributed by atoms with E-state index in [9.17, 15) is 27.2 Å². The van der Waals surface area contributed by atoms with E-state index in [1.807, 2.05) is 0 Å². The van der Waals surface area contributed by atoms with Crippen molar-refractivity contribution < 1.29 is 36.6 Å². The molecule has 1 aromatic rings. The molecule has 2 N–H and O–H groups in total. The molecule has 9 heteroatoms. The Hall–Kier alpha value is -2.32. The van der Waals surface area contributed by atoms with Crippen LogP contribution < -0.4 is 5.73 Å². The van der Waals surface area contributed by atoms with Gasteiger partial charge < -0.3 is 15.2 Å². The highest BCUT2D eigenvalue weighted by Crippen LogP contribution is 2.26. The van der Waals surface area contributed by atoms with E-state index in [1.165, 1.54) is 6.92 Å². The summed E-state index contributed by atoms with van der Waals surface area (Å²) in [4.78, 5) is 22.0. The third-order valence-corrected chi connectivity index (χ3v) is 1.94. The Morgan fingerprint density at radius 3 is 1.95 bits per heavy atom. The molecule has 0 aliphatic heterocycles. The first-order valence-electron chi connectivity index (χ1n) is 4.81. The predicted molar refractivity (Wildman–Crippen MR) is 53.1 cm³/mol. The fourth-order valence-corrected chi connectivity index (χ4v) is 1.10. The zero-order chi connectivity index (χ0) is 14.7. The maximum atomic E-state index is 13.3. The lowest BCUT2D eigenvalue weighted by Crippen LogP contribution is -2.19. The number of benzene rings is 1. The second kappa shape index (κ2) is 5.55. The lowest BCUT2D eigenvalue weighted by molar-refractivity contribution is 0.0391. The Labute approximate surface area is 103 Å². The largest absolute Gasteiger partial charge is 0.516 e. The molecule has 104 valence electrons. The molecule has 1 aromatic carbocycles. The predicted octanol–water partition coefficient (Wildman–Crippen LogP) is 2.14. The summed E-state index contributed by atoms with van der Waals surface area (Å²) in [5, 5.41) is 0. The minimum atomic E-state index is -2.06. The first-order valence-corrected chi connectivity index (χ1v) is 4.81. The molecule has 0 aliphatic carbocycles. The molecule has 0 radical (unpaired) electrons. The molecule has 0 saturated heterocycles. The standard InChI is InChI=1S/C10H7F4NO4/c1-2-18-10(17)19-9(16)3-4(11)6(13)8(15)7(14)5(3)12/h2,15H2,1H3. The van der Waals surface area contributed by atoms with E-state index >= 15 is 0 Å². The number of anilines is 1. The fourth-order valence-electron chi connectivity index (χ4n) is 1.10. The fraction of sp³-hybridized carbons (Fsp3) is 0.200. The molecule has 0 aliphatic rings. The molecule has 0 amide bonds. The van der Waals surface area contributed by atoms with Crippen molar-refractivity contribution in [1.82, 2.24) is 0 Å². The summed E-state index contributed by atoms with van der Waals surface area (Å²) in [6, 6.07) is 0. The summed E-state index contributed by atoms with van der Waals surface area (Å²) in [6.45, 7) is 1.19. The van der Waals surface area contributed by atoms with Crippen molar-refractivity contribution in [1.29, 1.82) is 0 Å². The van der Waals surface area contributed by atoms with Crippen LogP contribution in [0.3, 0.4) is 0 Å². The van der Waals surface area contributed by atoms with Gasteiger partial charge in [-0.15, -0.1) is 0 Å². The summed E-state index contributed by atoms with van der Waals surface area (Å²) in [6.07, 6.45) is -1.57. The lowest BCUT2D eigenvalue weighted by Gasteiger charge is -2.08. The van der Waals surface area contributed by atoms with Crippen LogP contribution in [-0.2, 0) is 9.47 Å². The molecule has 0 fully saturated rings. The van der Waals surface area contributed by atoms with E-state index in [-0.39, 0.29) is 6.61 Å². The summed E-state index contributed by atoms with van der Waals surface area (Å²) < 4.78 is 60.6. The van der Waals surface area contributed by atoms with Gasteiger partial charge in [0.1, 0.15) is 11.3 Å². The van der Waals surface area contributed by atoms with Gasteiger partial charge in [0.15, 0.2) is 23.3 Å². The summed E-state index contributed by atoms with van der Waals surface area (Å²) in [7, 11) is 0. The van der Waals surface area contributed by atoms with Crippen LogP contribution in [0, 0.1) is 23.3 Å². The van der Waals surface area contributed by atoms with E-state index in [1.54, 1.807) is 0 Å². The molecule has 1 rings (SSSR count). The van der Waals surface area contributed by atoms with Crippen molar-refractivity contribution in [2.75, 3.05) is 12.3 Å². The molecule has 5 nitrogen and oxygen atoms in total. The highest BCUT2D eigenvalue weighted by molar-refractivity contribution is 5.96. The van der Waals surface area contributed by atoms with E-state index in [4.69, 9.17) is 5.73 Å². The highest BCUT2D eigenvalue weighted by Gasteiger charge is 2.30. The van der Waals surface area contributed by atoms with Gasteiger partial charge in [0.2, 0.25) is 0 Å². The zero-order valence-corrected chi connectivity index (χ0v) is 9.43. The van der Waals surface area contributed by atoms with Crippen LogP contribution in [0.25, 0.3) is 0 Å². The minimum Gasteiger partial charge on any atom is -0.434 e. The van der Waals surface area contributed by atoms with Crippen molar-refractivity contribution in [3.05, 3.63) is 28.8 Å². The monoisotopic (exact) mass is 281 g/mol. The number of rotatable bonds is 2. The second-order valence-electron chi connectivity index (χ2n) is 3.12. The van der Waals surface area contributed by atoms with Gasteiger partial charge in [-0.1, -0.05) is 0 Å². The molecule has 0 heterocycles. The van der Waals surface area contributed by atoms with Gasteiger partial charge in [0, 0.05) is 0 Å². The Morgan fingerprint density at radius 1 is 1.05 bits per heavy atom.